The lowest BCUT2D eigenvalue weighted by Crippen LogP contribution is -2.14. The fourth-order valence-electron chi connectivity index (χ4n) is 4.58. The number of hydrogen-bond donors (Lipinski definition) is 5. The fraction of sp³-hybridized carbons (Fsp3) is 0.667. The Bertz CT molecular complexity index is 822. The Morgan fingerprint density at radius 3 is 1.65 bits per heavy atom. The third kappa shape index (κ3) is 5.43. The van der Waals surface area contributed by atoms with Gasteiger partial charge in [0, 0.05) is 5.56 Å². The Labute approximate surface area is 182 Å². The molecule has 2 saturated carbocycles. The number of aryl methyl sites for hydroxylation is 1. The first kappa shape index (κ1) is 23.2. The Kier molecular flexibility index (Phi) is 7.02. The van der Waals surface area contributed by atoms with E-state index in [1.165, 1.54) is 6.07 Å². The normalized spacial score (nSPS) is 17.9. The number of benzene rings is 1. The number of carboxylic acid groups (broad SMARTS) is 2. The molecule has 0 heterocycles. The Morgan fingerprint density at radius 2 is 1.19 bits per heavy atom. The van der Waals surface area contributed by atoms with Crippen LogP contribution in [0.5, 0.6) is 17.2 Å². The number of phenols is 3. The van der Waals surface area contributed by atoms with E-state index in [9.17, 15) is 35.1 Å². The van der Waals surface area contributed by atoms with E-state index in [2.05, 4.69) is 0 Å². The average Bonchev–Trinajstić information content (AvgIpc) is 3.63. The molecule has 5 N–H and O–H groups in total. The van der Waals surface area contributed by atoms with Gasteiger partial charge in [-0.15, -0.1) is 0 Å². The Hall–Kier alpha value is -2.44. The molecule has 2 aliphatic rings. The van der Waals surface area contributed by atoms with Gasteiger partial charge in [-0.3, -0.25) is 9.59 Å². The highest BCUT2D eigenvalue weighted by Crippen LogP contribution is 2.51. The zero-order valence-electron chi connectivity index (χ0n) is 18.0. The lowest BCUT2D eigenvalue weighted by molar-refractivity contribution is -0.144. The van der Waals surface area contributed by atoms with E-state index < -0.39 is 28.5 Å². The first-order valence-electron chi connectivity index (χ1n) is 11.4. The van der Waals surface area contributed by atoms with E-state index in [1.54, 1.807) is 0 Å². The highest BCUT2D eigenvalue weighted by atomic mass is 16.4. The van der Waals surface area contributed by atoms with Gasteiger partial charge in [0.1, 0.15) is 0 Å². The quantitative estimate of drug-likeness (QED) is 0.211. The average molecular weight is 435 g/mol. The molecule has 1 aromatic carbocycles. The van der Waals surface area contributed by atoms with Crippen molar-refractivity contribution in [1.29, 1.82) is 0 Å². The van der Waals surface area contributed by atoms with Crippen molar-refractivity contribution in [3.63, 3.8) is 0 Å². The van der Waals surface area contributed by atoms with E-state index in [4.69, 9.17) is 0 Å². The van der Waals surface area contributed by atoms with Gasteiger partial charge in [-0.05, 0) is 75.8 Å². The minimum atomic E-state index is -0.702. The van der Waals surface area contributed by atoms with E-state index in [0.29, 0.717) is 31.2 Å². The summed E-state index contributed by atoms with van der Waals surface area (Å²) in [5.74, 6) is -2.51. The number of carboxylic acids is 2. The lowest BCUT2D eigenvalue weighted by Gasteiger charge is -2.15. The summed E-state index contributed by atoms with van der Waals surface area (Å²) >= 11 is 0. The topological polar surface area (TPSA) is 135 Å². The number of aliphatic carboxylic acids is 2. The second-order valence-electron chi connectivity index (χ2n) is 9.52. The molecule has 0 unspecified atom stereocenters. The van der Waals surface area contributed by atoms with Crippen LogP contribution in [-0.4, -0.2) is 37.5 Å². The molecule has 0 spiro atoms. The van der Waals surface area contributed by atoms with Gasteiger partial charge in [0.2, 0.25) is 5.75 Å². The van der Waals surface area contributed by atoms with Gasteiger partial charge >= 0.3 is 11.9 Å². The molecule has 0 radical (unpaired) electrons. The molecule has 0 atom stereocenters. The van der Waals surface area contributed by atoms with Gasteiger partial charge in [-0.2, -0.15) is 0 Å². The van der Waals surface area contributed by atoms with Crippen molar-refractivity contribution in [3.8, 4) is 17.2 Å². The summed E-state index contributed by atoms with van der Waals surface area (Å²) in [6.07, 6.45) is 10.5. The van der Waals surface area contributed by atoms with Crippen LogP contribution in [-0.2, 0) is 22.4 Å². The number of hydrogen-bond acceptors (Lipinski definition) is 5. The van der Waals surface area contributed by atoms with Crippen LogP contribution in [0.2, 0.25) is 0 Å². The highest BCUT2D eigenvalue weighted by molar-refractivity contribution is 5.78. The summed E-state index contributed by atoms with van der Waals surface area (Å²) in [4.78, 5) is 22.5. The fourth-order valence-corrected chi connectivity index (χ4v) is 4.58. The lowest BCUT2D eigenvalue weighted by atomic mass is 9.93. The molecule has 1 aromatic rings. The maximum absolute atomic E-state index is 11.3. The number of unbranched alkanes of at least 4 members (excludes halogenated alkanes) is 4. The van der Waals surface area contributed by atoms with Crippen molar-refractivity contribution in [1.82, 2.24) is 0 Å². The molecular formula is C24H34O7. The van der Waals surface area contributed by atoms with Crippen molar-refractivity contribution in [3.05, 3.63) is 17.2 Å². The first-order chi connectivity index (χ1) is 14.7. The summed E-state index contributed by atoms with van der Waals surface area (Å²) in [6.45, 7) is 0. The smallest absolute Gasteiger partial charge is 0.309 e. The Morgan fingerprint density at radius 1 is 0.710 bits per heavy atom. The number of carbonyl (C=O) groups is 2. The van der Waals surface area contributed by atoms with Crippen LogP contribution < -0.4 is 0 Å². The molecule has 3 rings (SSSR count). The first-order valence-corrected chi connectivity index (χ1v) is 11.4. The van der Waals surface area contributed by atoms with Crippen molar-refractivity contribution >= 4 is 11.9 Å². The molecule has 172 valence electrons. The summed E-state index contributed by atoms with van der Waals surface area (Å²) in [5.41, 5.74) is 0.430. The van der Waals surface area contributed by atoms with Gasteiger partial charge in [-0.25, -0.2) is 0 Å². The molecule has 7 heteroatoms. The SMILES string of the molecule is O=C(O)C1(CCCCCc2cc(O)c(O)c(O)c2CCCCCC2(C(=O)O)CC2)CC1. The van der Waals surface area contributed by atoms with Crippen LogP contribution in [0.4, 0.5) is 0 Å². The van der Waals surface area contributed by atoms with Crippen molar-refractivity contribution in [2.75, 3.05) is 0 Å². The number of rotatable bonds is 14. The molecule has 0 saturated heterocycles. The molecule has 2 fully saturated rings. The molecule has 0 amide bonds. The third-order valence-corrected chi connectivity index (χ3v) is 7.25. The zero-order chi connectivity index (χ0) is 22.6. The molecule has 0 bridgehead atoms. The predicted molar refractivity (Wildman–Crippen MR) is 114 cm³/mol. The van der Waals surface area contributed by atoms with Gasteiger partial charge in [0.15, 0.2) is 11.5 Å². The van der Waals surface area contributed by atoms with Gasteiger partial charge in [0.05, 0.1) is 10.8 Å². The maximum Gasteiger partial charge on any atom is 0.309 e. The van der Waals surface area contributed by atoms with Crippen molar-refractivity contribution in [2.45, 2.75) is 89.9 Å². The third-order valence-electron chi connectivity index (χ3n) is 7.25. The predicted octanol–water partition coefficient (Wildman–Crippen LogP) is 4.74. The van der Waals surface area contributed by atoms with Crippen molar-refractivity contribution in [2.24, 2.45) is 10.8 Å². The minimum absolute atomic E-state index is 0.276. The van der Waals surface area contributed by atoms with Gasteiger partial charge < -0.3 is 25.5 Å². The molecule has 31 heavy (non-hydrogen) atoms. The summed E-state index contributed by atoms with van der Waals surface area (Å²) in [6, 6.07) is 1.51. The number of phenolic OH excluding ortho intramolecular Hbond substituents is 3. The zero-order valence-corrected chi connectivity index (χ0v) is 18.0. The van der Waals surface area contributed by atoms with Gasteiger partial charge in [-0.1, -0.05) is 25.7 Å². The Balaban J connectivity index is 1.47. The second kappa shape index (κ2) is 9.37. The molecular weight excluding hydrogens is 400 g/mol. The van der Waals surface area contributed by atoms with Crippen LogP contribution in [0.15, 0.2) is 6.07 Å². The van der Waals surface area contributed by atoms with Gasteiger partial charge in [0.25, 0.3) is 0 Å². The monoisotopic (exact) mass is 434 g/mol. The van der Waals surface area contributed by atoms with Crippen LogP contribution in [0.3, 0.4) is 0 Å². The van der Waals surface area contributed by atoms with E-state index in [0.717, 1.165) is 69.8 Å². The molecule has 2 aliphatic carbocycles. The van der Waals surface area contributed by atoms with E-state index >= 15 is 0 Å². The largest absolute Gasteiger partial charge is 0.504 e. The second-order valence-corrected chi connectivity index (χ2v) is 9.52. The molecule has 7 nitrogen and oxygen atoms in total. The molecule has 0 aliphatic heterocycles. The van der Waals surface area contributed by atoms with Crippen LogP contribution in [0.1, 0.15) is 88.2 Å². The van der Waals surface area contributed by atoms with Crippen molar-refractivity contribution < 1.29 is 35.1 Å². The number of aromatic hydroxyl groups is 3. The minimum Gasteiger partial charge on any atom is -0.504 e. The van der Waals surface area contributed by atoms with E-state index in [-0.39, 0.29) is 11.5 Å². The summed E-state index contributed by atoms with van der Waals surface area (Å²) in [5, 5.41) is 48.7. The summed E-state index contributed by atoms with van der Waals surface area (Å²) < 4.78 is 0. The standard InChI is InChI=1S/C24H34O7/c25-18-15-16(7-3-1-5-9-23(11-12-23)21(28)29)17(19(26)20(18)27)8-4-2-6-10-24(13-14-24)22(30)31/h15,25-27H,1-14H2,(H,28,29)(H,30,31). The highest BCUT2D eigenvalue weighted by Gasteiger charge is 2.49. The van der Waals surface area contributed by atoms with Crippen LogP contribution in [0, 0.1) is 10.8 Å². The van der Waals surface area contributed by atoms with E-state index in [1.807, 2.05) is 0 Å². The summed E-state index contributed by atoms with van der Waals surface area (Å²) in [7, 11) is 0. The van der Waals surface area contributed by atoms with Crippen LogP contribution in [0.25, 0.3) is 0 Å². The van der Waals surface area contributed by atoms with Crippen LogP contribution >= 0.6 is 0 Å². The maximum atomic E-state index is 11.3. The molecule has 0 aromatic heterocycles.